The zero-order valence-electron chi connectivity index (χ0n) is 14.8. The Hall–Kier alpha value is -2.57. The van der Waals surface area contributed by atoms with Gasteiger partial charge in [0.05, 0.1) is 35.7 Å². The van der Waals surface area contributed by atoms with Gasteiger partial charge in [0.25, 0.3) is 0 Å². The first kappa shape index (κ1) is 18.8. The molecule has 0 unspecified atom stereocenters. The number of aryl methyl sites for hydroxylation is 1. The van der Waals surface area contributed by atoms with Gasteiger partial charge in [-0.1, -0.05) is 6.92 Å². The number of halogens is 1. The van der Waals surface area contributed by atoms with Gasteiger partial charge in [-0.25, -0.2) is 9.07 Å². The molecular formula is C18H23FN4O2. The Kier molecular flexibility index (Phi) is 6.38. The minimum Gasteiger partial charge on any atom is -0.310 e. The predicted molar refractivity (Wildman–Crippen MR) is 93.3 cm³/mol. The highest BCUT2D eigenvalue weighted by Crippen LogP contribution is 2.23. The van der Waals surface area contributed by atoms with Crippen molar-refractivity contribution in [1.29, 1.82) is 0 Å². The number of nitrogens with zero attached hydrogens (tertiary/aromatic N) is 4. The lowest BCUT2D eigenvalue weighted by atomic mass is 10.1. The Morgan fingerprint density at radius 2 is 2.00 bits per heavy atom. The van der Waals surface area contributed by atoms with Crippen molar-refractivity contribution in [1.82, 2.24) is 14.8 Å². The van der Waals surface area contributed by atoms with E-state index in [9.17, 15) is 14.0 Å². The molecule has 0 bridgehead atoms. The van der Waals surface area contributed by atoms with E-state index in [4.69, 9.17) is 0 Å². The molecule has 2 aromatic heterocycles. The third-order valence-corrected chi connectivity index (χ3v) is 3.89. The Morgan fingerprint density at radius 3 is 2.60 bits per heavy atom. The van der Waals surface area contributed by atoms with E-state index >= 15 is 0 Å². The Balaban J connectivity index is 2.26. The van der Waals surface area contributed by atoms with Gasteiger partial charge in [-0.05, 0) is 26.7 Å². The molecule has 0 aliphatic carbocycles. The van der Waals surface area contributed by atoms with Crippen LogP contribution < -0.4 is 4.90 Å². The molecule has 0 radical (unpaired) electrons. The lowest BCUT2D eigenvalue weighted by molar-refractivity contribution is -0.119. The lowest BCUT2D eigenvalue weighted by Crippen LogP contribution is -2.31. The van der Waals surface area contributed by atoms with Crippen molar-refractivity contribution in [2.75, 3.05) is 11.4 Å². The summed E-state index contributed by atoms with van der Waals surface area (Å²) in [6, 6.07) is 1.34. The molecule has 0 aliphatic rings. The number of carbonyl (C=O) groups is 2. The number of amides is 1. The first-order chi connectivity index (χ1) is 12.0. The second-order valence-corrected chi connectivity index (χ2v) is 5.81. The zero-order chi connectivity index (χ0) is 18.4. The fourth-order valence-electron chi connectivity index (χ4n) is 2.64. The van der Waals surface area contributed by atoms with E-state index in [2.05, 4.69) is 10.1 Å². The van der Waals surface area contributed by atoms with Gasteiger partial charge in [-0.2, -0.15) is 5.10 Å². The highest BCUT2D eigenvalue weighted by atomic mass is 19.1. The van der Waals surface area contributed by atoms with Crippen molar-refractivity contribution in [3.05, 3.63) is 36.2 Å². The number of anilines is 1. The van der Waals surface area contributed by atoms with Crippen molar-refractivity contribution >= 4 is 17.4 Å². The molecule has 0 saturated heterocycles. The molecule has 1 amide bonds. The van der Waals surface area contributed by atoms with Crippen LogP contribution in [0.5, 0.6) is 0 Å². The molecule has 0 saturated carbocycles. The van der Waals surface area contributed by atoms with Crippen molar-refractivity contribution in [2.24, 2.45) is 0 Å². The second-order valence-electron chi connectivity index (χ2n) is 5.81. The third-order valence-electron chi connectivity index (χ3n) is 3.89. The first-order valence-corrected chi connectivity index (χ1v) is 8.45. The van der Waals surface area contributed by atoms with E-state index in [1.807, 2.05) is 13.8 Å². The van der Waals surface area contributed by atoms with E-state index in [1.54, 1.807) is 11.1 Å². The van der Waals surface area contributed by atoms with Crippen LogP contribution in [0.1, 0.15) is 45.7 Å². The van der Waals surface area contributed by atoms with E-state index in [0.717, 1.165) is 11.9 Å². The number of ketones is 1. The summed E-state index contributed by atoms with van der Waals surface area (Å²) in [5, 5.41) is 4.46. The highest BCUT2D eigenvalue weighted by Gasteiger charge is 2.20. The number of hydrogen-bond acceptors (Lipinski definition) is 4. The van der Waals surface area contributed by atoms with Crippen LogP contribution in [-0.2, 0) is 16.0 Å². The third kappa shape index (κ3) is 4.71. The van der Waals surface area contributed by atoms with E-state index < -0.39 is 5.82 Å². The molecule has 2 heterocycles. The van der Waals surface area contributed by atoms with Crippen molar-refractivity contribution < 1.29 is 14.0 Å². The SMILES string of the molecule is CCc1nn(-c2cncc(F)c2)cc1N(CC)C(=O)CCCC(C)=O. The summed E-state index contributed by atoms with van der Waals surface area (Å²) in [6.45, 7) is 5.87. The molecule has 6 nitrogen and oxygen atoms in total. The molecule has 0 aliphatic heterocycles. The maximum Gasteiger partial charge on any atom is 0.227 e. The topological polar surface area (TPSA) is 68.1 Å². The van der Waals surface area contributed by atoms with Crippen molar-refractivity contribution in [3.8, 4) is 5.69 Å². The van der Waals surface area contributed by atoms with Gasteiger partial charge < -0.3 is 9.69 Å². The maximum atomic E-state index is 13.4. The molecular weight excluding hydrogens is 323 g/mol. The largest absolute Gasteiger partial charge is 0.310 e. The van der Waals surface area contributed by atoms with Gasteiger partial charge in [0.15, 0.2) is 0 Å². The minimum absolute atomic E-state index is 0.0460. The normalized spacial score (nSPS) is 10.7. The summed E-state index contributed by atoms with van der Waals surface area (Å²) in [7, 11) is 0. The number of hydrogen-bond donors (Lipinski definition) is 0. The molecule has 0 spiro atoms. The molecule has 0 aromatic carbocycles. The standard InChI is InChI=1S/C18H23FN4O2/c1-4-16-17(22(5-2)18(25)8-6-7-13(3)24)12-23(21-16)15-9-14(19)10-20-11-15/h9-12H,4-8H2,1-3H3. The van der Waals surface area contributed by atoms with Gasteiger partial charge in [0.2, 0.25) is 5.91 Å². The lowest BCUT2D eigenvalue weighted by Gasteiger charge is -2.20. The number of aromatic nitrogens is 3. The smallest absolute Gasteiger partial charge is 0.227 e. The van der Waals surface area contributed by atoms with Gasteiger partial charge in [-0.15, -0.1) is 0 Å². The van der Waals surface area contributed by atoms with Crippen molar-refractivity contribution in [2.45, 2.75) is 46.5 Å². The fourth-order valence-corrected chi connectivity index (χ4v) is 2.64. The Labute approximate surface area is 146 Å². The monoisotopic (exact) mass is 346 g/mol. The molecule has 25 heavy (non-hydrogen) atoms. The second kappa shape index (κ2) is 8.50. The van der Waals surface area contributed by atoms with Gasteiger partial charge in [0, 0.05) is 25.5 Å². The molecule has 134 valence electrons. The van der Waals surface area contributed by atoms with E-state index in [1.165, 1.54) is 23.9 Å². The summed E-state index contributed by atoms with van der Waals surface area (Å²) in [4.78, 5) is 29.1. The molecule has 2 aromatic rings. The van der Waals surface area contributed by atoms with Crippen LogP contribution in [0.4, 0.5) is 10.1 Å². The summed E-state index contributed by atoms with van der Waals surface area (Å²) in [5.41, 5.74) is 1.97. The maximum absolute atomic E-state index is 13.4. The van der Waals surface area contributed by atoms with Crippen LogP contribution >= 0.6 is 0 Å². The number of Topliss-reactive ketones (excluding diaryl/α,β-unsaturated/α-hetero) is 1. The van der Waals surface area contributed by atoms with Crippen LogP contribution in [0, 0.1) is 5.82 Å². The average Bonchev–Trinajstić information content (AvgIpc) is 2.99. The molecule has 0 atom stereocenters. The quantitative estimate of drug-likeness (QED) is 0.737. The summed E-state index contributed by atoms with van der Waals surface area (Å²) in [5.74, 6) is -0.410. The Morgan fingerprint density at radius 1 is 1.24 bits per heavy atom. The summed E-state index contributed by atoms with van der Waals surface area (Å²) < 4.78 is 14.9. The fraction of sp³-hybridized carbons (Fsp3) is 0.444. The predicted octanol–water partition coefficient (Wildman–Crippen LogP) is 3.08. The van der Waals surface area contributed by atoms with Gasteiger partial charge in [0.1, 0.15) is 11.6 Å². The Bertz CT molecular complexity index is 757. The van der Waals surface area contributed by atoms with Crippen LogP contribution in [-0.4, -0.2) is 33.0 Å². The minimum atomic E-state index is -0.444. The van der Waals surface area contributed by atoms with Crippen LogP contribution in [0.15, 0.2) is 24.7 Å². The van der Waals surface area contributed by atoms with Crippen molar-refractivity contribution in [3.63, 3.8) is 0 Å². The molecule has 7 heteroatoms. The number of pyridine rings is 1. The van der Waals surface area contributed by atoms with Gasteiger partial charge in [-0.3, -0.25) is 9.78 Å². The summed E-state index contributed by atoms with van der Waals surface area (Å²) in [6.07, 6.45) is 6.26. The summed E-state index contributed by atoms with van der Waals surface area (Å²) >= 11 is 0. The van der Waals surface area contributed by atoms with Crippen LogP contribution in [0.3, 0.4) is 0 Å². The number of carbonyl (C=O) groups excluding carboxylic acids is 2. The molecule has 0 fully saturated rings. The zero-order valence-corrected chi connectivity index (χ0v) is 14.8. The first-order valence-electron chi connectivity index (χ1n) is 8.45. The van der Waals surface area contributed by atoms with E-state index in [0.29, 0.717) is 43.6 Å². The van der Waals surface area contributed by atoms with E-state index in [-0.39, 0.29) is 11.7 Å². The van der Waals surface area contributed by atoms with Gasteiger partial charge >= 0.3 is 0 Å². The molecule has 2 rings (SSSR count). The van der Waals surface area contributed by atoms with Crippen LogP contribution in [0.25, 0.3) is 5.69 Å². The van der Waals surface area contributed by atoms with Crippen LogP contribution in [0.2, 0.25) is 0 Å². The number of rotatable bonds is 8. The average molecular weight is 346 g/mol. The molecule has 0 N–H and O–H groups in total. The highest BCUT2D eigenvalue weighted by molar-refractivity contribution is 5.94.